The molecule has 1 heterocycles. The van der Waals surface area contributed by atoms with Crippen molar-refractivity contribution < 1.29 is 8.81 Å². The summed E-state index contributed by atoms with van der Waals surface area (Å²) in [5, 5.41) is 0. The summed E-state index contributed by atoms with van der Waals surface area (Å²) in [7, 11) is 0. The molecule has 0 radical (unpaired) electrons. The van der Waals surface area contributed by atoms with Gasteiger partial charge < -0.3 is 4.42 Å². The summed E-state index contributed by atoms with van der Waals surface area (Å²) in [6, 6.07) is 6.50. The van der Waals surface area contributed by atoms with Gasteiger partial charge in [0.25, 0.3) is 0 Å². The zero-order valence-corrected chi connectivity index (χ0v) is 10.8. The molecule has 0 saturated carbocycles. The summed E-state index contributed by atoms with van der Waals surface area (Å²) in [6.07, 6.45) is 1.57. The Kier molecular flexibility index (Phi) is 3.61. The molecule has 2 rings (SSSR count). The summed E-state index contributed by atoms with van der Waals surface area (Å²) >= 11 is 3.15. The van der Waals surface area contributed by atoms with Crippen molar-refractivity contribution in [3.05, 3.63) is 57.7 Å². The van der Waals surface area contributed by atoms with Crippen molar-refractivity contribution in [2.24, 2.45) is 5.84 Å². The molecule has 0 aliphatic rings. The van der Waals surface area contributed by atoms with E-state index in [9.17, 15) is 4.39 Å². The Balaban J connectivity index is 2.45. The second-order valence-corrected chi connectivity index (χ2v) is 4.59. The third kappa shape index (κ3) is 2.41. The van der Waals surface area contributed by atoms with Gasteiger partial charge in [0, 0.05) is 11.1 Å². The van der Waals surface area contributed by atoms with Gasteiger partial charge in [0.15, 0.2) is 0 Å². The number of aryl methyl sites for hydroxylation is 1. The van der Waals surface area contributed by atoms with E-state index in [4.69, 9.17) is 10.3 Å². The molecule has 0 fully saturated rings. The first-order chi connectivity index (χ1) is 8.13. The molecule has 2 aromatic rings. The average molecular weight is 299 g/mol. The molecule has 17 heavy (non-hydrogen) atoms. The lowest BCUT2D eigenvalue weighted by atomic mass is 10.0. The van der Waals surface area contributed by atoms with Crippen LogP contribution in [0, 0.1) is 12.7 Å². The van der Waals surface area contributed by atoms with Gasteiger partial charge in [-0.2, -0.15) is 0 Å². The molecule has 0 saturated heterocycles. The smallest absolute Gasteiger partial charge is 0.142 e. The van der Waals surface area contributed by atoms with Crippen molar-refractivity contribution in [1.29, 1.82) is 0 Å². The molecule has 3 nitrogen and oxygen atoms in total. The SMILES string of the molecule is Cc1cc(C(NN)c2cccc(Br)c2F)co1. The highest BCUT2D eigenvalue weighted by Gasteiger charge is 2.19. The molecular formula is C12H12BrFN2O. The fourth-order valence-corrected chi connectivity index (χ4v) is 2.11. The van der Waals surface area contributed by atoms with E-state index in [1.807, 2.05) is 13.0 Å². The number of hydrazine groups is 1. The van der Waals surface area contributed by atoms with Crippen LogP contribution in [0.5, 0.6) is 0 Å². The normalized spacial score (nSPS) is 12.7. The van der Waals surface area contributed by atoms with Gasteiger partial charge in [0.05, 0.1) is 16.8 Å². The molecule has 0 amide bonds. The Morgan fingerprint density at radius 2 is 2.24 bits per heavy atom. The molecule has 1 unspecified atom stereocenters. The monoisotopic (exact) mass is 298 g/mol. The first-order valence-electron chi connectivity index (χ1n) is 5.08. The molecule has 0 aliphatic heterocycles. The summed E-state index contributed by atoms with van der Waals surface area (Å²) in [6.45, 7) is 1.83. The van der Waals surface area contributed by atoms with Crippen LogP contribution in [0.1, 0.15) is 22.9 Å². The number of nitrogens with two attached hydrogens (primary N) is 1. The van der Waals surface area contributed by atoms with Crippen molar-refractivity contribution in [2.75, 3.05) is 0 Å². The van der Waals surface area contributed by atoms with Gasteiger partial charge in [-0.3, -0.25) is 5.84 Å². The van der Waals surface area contributed by atoms with Gasteiger partial charge in [-0.05, 0) is 35.0 Å². The zero-order chi connectivity index (χ0) is 12.4. The van der Waals surface area contributed by atoms with E-state index in [2.05, 4.69) is 21.4 Å². The minimum atomic E-state index is -0.426. The van der Waals surface area contributed by atoms with Crippen LogP contribution in [0.15, 0.2) is 39.4 Å². The van der Waals surface area contributed by atoms with E-state index in [0.29, 0.717) is 10.0 Å². The Hall–Kier alpha value is -1.17. The summed E-state index contributed by atoms with van der Waals surface area (Å²) < 4.78 is 19.6. The highest BCUT2D eigenvalue weighted by atomic mass is 79.9. The fraction of sp³-hybridized carbons (Fsp3) is 0.167. The molecule has 1 atom stereocenters. The number of rotatable bonds is 3. The summed E-state index contributed by atoms with van der Waals surface area (Å²) in [5.41, 5.74) is 3.86. The average Bonchev–Trinajstić information content (AvgIpc) is 2.72. The highest BCUT2D eigenvalue weighted by Crippen LogP contribution is 2.28. The van der Waals surface area contributed by atoms with Gasteiger partial charge >= 0.3 is 0 Å². The molecular weight excluding hydrogens is 287 g/mol. The Bertz CT molecular complexity index is 527. The fourth-order valence-electron chi connectivity index (χ4n) is 1.72. The van der Waals surface area contributed by atoms with Crippen LogP contribution in [0.4, 0.5) is 4.39 Å². The molecule has 0 spiro atoms. The van der Waals surface area contributed by atoms with E-state index in [1.54, 1.807) is 24.5 Å². The first kappa shape index (κ1) is 12.3. The lowest BCUT2D eigenvalue weighted by molar-refractivity contribution is 0.520. The third-order valence-corrected chi connectivity index (χ3v) is 3.16. The third-order valence-electron chi connectivity index (χ3n) is 2.54. The summed E-state index contributed by atoms with van der Waals surface area (Å²) in [4.78, 5) is 0. The predicted molar refractivity (Wildman–Crippen MR) is 66.7 cm³/mol. The standard InChI is InChI=1S/C12H12BrFN2O/c1-7-5-8(6-17-7)12(16-15)9-3-2-4-10(13)11(9)14/h2-6,12,16H,15H2,1H3. The quantitative estimate of drug-likeness (QED) is 0.676. The first-order valence-corrected chi connectivity index (χ1v) is 5.88. The van der Waals surface area contributed by atoms with Crippen molar-refractivity contribution >= 4 is 15.9 Å². The van der Waals surface area contributed by atoms with Crippen LogP contribution in [0.25, 0.3) is 0 Å². The largest absolute Gasteiger partial charge is 0.469 e. The number of hydrogen-bond donors (Lipinski definition) is 2. The van der Waals surface area contributed by atoms with Crippen LogP contribution in [0.3, 0.4) is 0 Å². The number of furan rings is 1. The minimum Gasteiger partial charge on any atom is -0.469 e. The van der Waals surface area contributed by atoms with Gasteiger partial charge in [-0.15, -0.1) is 0 Å². The topological polar surface area (TPSA) is 51.2 Å². The number of halogens is 2. The van der Waals surface area contributed by atoms with Crippen molar-refractivity contribution in [2.45, 2.75) is 13.0 Å². The van der Waals surface area contributed by atoms with Crippen LogP contribution < -0.4 is 11.3 Å². The number of nitrogens with one attached hydrogen (secondary N) is 1. The van der Waals surface area contributed by atoms with Gasteiger partial charge in [-0.25, -0.2) is 9.82 Å². The minimum absolute atomic E-state index is 0.325. The van der Waals surface area contributed by atoms with E-state index < -0.39 is 6.04 Å². The molecule has 5 heteroatoms. The Morgan fingerprint density at radius 3 is 2.82 bits per heavy atom. The van der Waals surface area contributed by atoms with E-state index >= 15 is 0 Å². The van der Waals surface area contributed by atoms with Gasteiger partial charge in [-0.1, -0.05) is 12.1 Å². The molecule has 0 bridgehead atoms. The molecule has 90 valence electrons. The Morgan fingerprint density at radius 1 is 1.47 bits per heavy atom. The Labute approximate surface area is 107 Å². The number of benzene rings is 1. The van der Waals surface area contributed by atoms with Crippen molar-refractivity contribution in [3.63, 3.8) is 0 Å². The summed E-state index contributed by atoms with van der Waals surface area (Å²) in [5.74, 6) is 5.93. The van der Waals surface area contributed by atoms with Gasteiger partial charge in [0.1, 0.15) is 11.6 Å². The lowest BCUT2D eigenvalue weighted by Gasteiger charge is -2.15. The maximum atomic E-state index is 14.0. The van der Waals surface area contributed by atoms with E-state index in [0.717, 1.165) is 11.3 Å². The second-order valence-electron chi connectivity index (χ2n) is 3.73. The van der Waals surface area contributed by atoms with Crippen molar-refractivity contribution in [1.82, 2.24) is 5.43 Å². The highest BCUT2D eigenvalue weighted by molar-refractivity contribution is 9.10. The van der Waals surface area contributed by atoms with Gasteiger partial charge in [0.2, 0.25) is 0 Å². The van der Waals surface area contributed by atoms with E-state index in [1.165, 1.54) is 0 Å². The molecule has 1 aromatic carbocycles. The number of hydrogen-bond acceptors (Lipinski definition) is 3. The lowest BCUT2D eigenvalue weighted by Crippen LogP contribution is -2.29. The molecule has 0 aliphatic carbocycles. The van der Waals surface area contributed by atoms with Crippen LogP contribution >= 0.6 is 15.9 Å². The maximum absolute atomic E-state index is 14.0. The predicted octanol–water partition coefficient (Wildman–Crippen LogP) is 3.04. The van der Waals surface area contributed by atoms with Crippen LogP contribution in [-0.2, 0) is 0 Å². The van der Waals surface area contributed by atoms with Crippen molar-refractivity contribution in [3.8, 4) is 0 Å². The molecule has 3 N–H and O–H groups in total. The maximum Gasteiger partial charge on any atom is 0.142 e. The van der Waals surface area contributed by atoms with E-state index in [-0.39, 0.29) is 5.82 Å². The zero-order valence-electron chi connectivity index (χ0n) is 9.21. The van der Waals surface area contributed by atoms with Crippen LogP contribution in [0.2, 0.25) is 0 Å². The molecule has 1 aromatic heterocycles. The van der Waals surface area contributed by atoms with Crippen LogP contribution in [-0.4, -0.2) is 0 Å². The second kappa shape index (κ2) is 5.00.